The van der Waals surface area contributed by atoms with Crippen molar-refractivity contribution in [3.8, 4) is 11.1 Å². The molecule has 7 nitrogen and oxygen atoms in total. The van der Waals surface area contributed by atoms with Crippen molar-refractivity contribution in [1.29, 1.82) is 0 Å². The van der Waals surface area contributed by atoms with E-state index in [0.717, 1.165) is 12.1 Å². The second kappa shape index (κ2) is 10.6. The number of anilines is 2. The minimum absolute atomic E-state index is 0.347. The summed E-state index contributed by atoms with van der Waals surface area (Å²) in [5.41, 5.74) is -3.45. The molecule has 0 spiro atoms. The molecular weight excluding hydrogens is 505 g/mol. The molecule has 0 aliphatic carbocycles. The third-order valence-electron chi connectivity index (χ3n) is 4.70. The SMILES string of the molecule is O=C(O)c1ccc(Nc2c(C(=O)NOCCO)ccc(F)c2F)cc1-c1c(F)c(F)c(F)c(F)c1F. The van der Waals surface area contributed by atoms with Crippen molar-refractivity contribution in [2.24, 2.45) is 0 Å². The van der Waals surface area contributed by atoms with Gasteiger partial charge in [0, 0.05) is 11.3 Å². The fraction of sp³-hybridized carbons (Fsp3) is 0.0909. The minimum atomic E-state index is -2.47. The molecule has 0 fully saturated rings. The Hall–Kier alpha value is -4.17. The van der Waals surface area contributed by atoms with E-state index in [1.54, 1.807) is 0 Å². The van der Waals surface area contributed by atoms with Crippen LogP contribution >= 0.6 is 0 Å². The Labute approximate surface area is 196 Å². The molecule has 3 aromatic carbocycles. The van der Waals surface area contributed by atoms with Gasteiger partial charge < -0.3 is 15.5 Å². The average Bonchev–Trinajstić information content (AvgIpc) is 2.84. The number of carbonyl (C=O) groups excluding carboxylic acids is 1. The maximum Gasteiger partial charge on any atom is 0.336 e. The van der Waals surface area contributed by atoms with E-state index in [0.29, 0.717) is 18.2 Å². The normalized spacial score (nSPS) is 10.9. The van der Waals surface area contributed by atoms with Crippen molar-refractivity contribution in [3.05, 3.63) is 82.2 Å². The Kier molecular flexibility index (Phi) is 7.80. The highest BCUT2D eigenvalue weighted by Gasteiger charge is 2.29. The number of benzene rings is 3. The zero-order valence-electron chi connectivity index (χ0n) is 17.6. The Morgan fingerprint density at radius 1 is 0.806 bits per heavy atom. The molecule has 36 heavy (non-hydrogen) atoms. The van der Waals surface area contributed by atoms with Gasteiger partial charge in [-0.2, -0.15) is 0 Å². The highest BCUT2D eigenvalue weighted by molar-refractivity contribution is 6.01. The molecule has 1 amide bonds. The lowest BCUT2D eigenvalue weighted by Gasteiger charge is -2.16. The quantitative estimate of drug-likeness (QED) is 0.116. The molecule has 0 saturated heterocycles. The smallest absolute Gasteiger partial charge is 0.336 e. The van der Waals surface area contributed by atoms with Crippen LogP contribution in [0.1, 0.15) is 20.7 Å². The molecular formula is C22H13F7N2O5. The van der Waals surface area contributed by atoms with Crippen LogP contribution in [-0.4, -0.2) is 35.3 Å². The Morgan fingerprint density at radius 2 is 1.39 bits per heavy atom. The van der Waals surface area contributed by atoms with Crippen molar-refractivity contribution in [3.63, 3.8) is 0 Å². The lowest BCUT2D eigenvalue weighted by atomic mass is 9.97. The number of rotatable bonds is 8. The van der Waals surface area contributed by atoms with Gasteiger partial charge in [-0.05, 0) is 30.3 Å². The van der Waals surface area contributed by atoms with E-state index in [4.69, 9.17) is 5.11 Å². The van der Waals surface area contributed by atoms with Gasteiger partial charge in [-0.25, -0.2) is 41.0 Å². The summed E-state index contributed by atoms with van der Waals surface area (Å²) in [6.45, 7) is -0.834. The number of hydrogen-bond donors (Lipinski definition) is 4. The van der Waals surface area contributed by atoms with Gasteiger partial charge >= 0.3 is 5.97 Å². The molecule has 14 heteroatoms. The summed E-state index contributed by atoms with van der Waals surface area (Å²) in [7, 11) is 0. The first-order valence-corrected chi connectivity index (χ1v) is 9.66. The molecule has 0 bridgehead atoms. The zero-order valence-corrected chi connectivity index (χ0v) is 17.6. The number of carbonyl (C=O) groups is 2. The first-order valence-electron chi connectivity index (χ1n) is 9.66. The van der Waals surface area contributed by atoms with Crippen molar-refractivity contribution in [2.45, 2.75) is 0 Å². The average molecular weight is 518 g/mol. The van der Waals surface area contributed by atoms with Crippen LogP contribution in [-0.2, 0) is 4.84 Å². The molecule has 0 aliphatic rings. The number of halogens is 7. The van der Waals surface area contributed by atoms with Crippen LogP contribution in [0.4, 0.5) is 42.1 Å². The third kappa shape index (κ3) is 4.94. The summed E-state index contributed by atoms with van der Waals surface area (Å²) in [6.07, 6.45) is 0. The van der Waals surface area contributed by atoms with Crippen LogP contribution in [0.3, 0.4) is 0 Å². The van der Waals surface area contributed by atoms with Gasteiger partial charge in [0.1, 0.15) is 0 Å². The predicted octanol–water partition coefficient (Wildman–Crippen LogP) is 4.42. The summed E-state index contributed by atoms with van der Waals surface area (Å²) >= 11 is 0. The van der Waals surface area contributed by atoms with E-state index in [1.165, 1.54) is 0 Å². The van der Waals surface area contributed by atoms with Gasteiger partial charge in [0.25, 0.3) is 5.91 Å². The van der Waals surface area contributed by atoms with Crippen molar-refractivity contribution >= 4 is 23.3 Å². The number of nitrogens with one attached hydrogen (secondary N) is 2. The topological polar surface area (TPSA) is 108 Å². The number of carboxylic acids is 1. The molecule has 0 saturated carbocycles. The van der Waals surface area contributed by atoms with E-state index in [9.17, 15) is 45.4 Å². The van der Waals surface area contributed by atoms with Gasteiger partial charge in [0.15, 0.2) is 34.9 Å². The Balaban J connectivity index is 2.17. The number of hydroxylamine groups is 1. The Morgan fingerprint density at radius 3 is 1.97 bits per heavy atom. The third-order valence-corrected chi connectivity index (χ3v) is 4.70. The Bertz CT molecular complexity index is 1340. The van der Waals surface area contributed by atoms with Crippen LogP contribution in [0, 0.1) is 40.7 Å². The summed E-state index contributed by atoms with van der Waals surface area (Å²) in [6, 6.07) is 3.65. The zero-order chi connectivity index (χ0) is 26.7. The van der Waals surface area contributed by atoms with E-state index in [1.807, 2.05) is 5.48 Å². The number of aliphatic hydroxyl groups excluding tert-OH is 1. The molecule has 3 aromatic rings. The lowest BCUT2D eigenvalue weighted by molar-refractivity contribution is 0.0168. The van der Waals surface area contributed by atoms with E-state index in [2.05, 4.69) is 10.2 Å². The van der Waals surface area contributed by atoms with Crippen molar-refractivity contribution < 1.29 is 55.4 Å². The fourth-order valence-corrected chi connectivity index (χ4v) is 3.08. The molecule has 0 radical (unpaired) electrons. The standard InChI is InChI=1S/C22H13F7N2O5/c23-12-4-3-10(21(33)31-36-6-5-32)20(14(12)24)30-8-1-2-9(22(34)35)11(7-8)13-15(25)17(27)19(29)18(28)16(13)26/h1-4,7,30,32H,5-6H2,(H,31,33)(H,34,35). The summed E-state index contributed by atoms with van der Waals surface area (Å²) in [4.78, 5) is 28.5. The minimum Gasteiger partial charge on any atom is -0.478 e. The fourth-order valence-electron chi connectivity index (χ4n) is 3.08. The number of carboxylic acid groups (broad SMARTS) is 1. The van der Waals surface area contributed by atoms with Crippen LogP contribution < -0.4 is 10.8 Å². The van der Waals surface area contributed by atoms with Crippen LogP contribution in [0.5, 0.6) is 0 Å². The molecule has 0 atom stereocenters. The largest absolute Gasteiger partial charge is 0.478 e. The predicted molar refractivity (Wildman–Crippen MR) is 109 cm³/mol. The van der Waals surface area contributed by atoms with Gasteiger partial charge in [-0.3, -0.25) is 9.63 Å². The monoisotopic (exact) mass is 518 g/mol. The van der Waals surface area contributed by atoms with Crippen molar-refractivity contribution in [1.82, 2.24) is 5.48 Å². The summed E-state index contributed by atoms with van der Waals surface area (Å²) in [5, 5.41) is 20.3. The van der Waals surface area contributed by atoms with E-state index >= 15 is 0 Å². The lowest BCUT2D eigenvalue weighted by Crippen LogP contribution is -2.26. The first-order chi connectivity index (χ1) is 17.0. The van der Waals surface area contributed by atoms with Crippen LogP contribution in [0.15, 0.2) is 30.3 Å². The highest BCUT2D eigenvalue weighted by Crippen LogP contribution is 2.36. The number of amides is 1. The molecule has 4 N–H and O–H groups in total. The first kappa shape index (κ1) is 26.4. The summed E-state index contributed by atoms with van der Waals surface area (Å²) in [5.74, 6) is -17.8. The number of hydrogen-bond acceptors (Lipinski definition) is 5. The van der Waals surface area contributed by atoms with E-state index in [-0.39, 0.29) is 6.61 Å². The van der Waals surface area contributed by atoms with Crippen LogP contribution in [0.2, 0.25) is 0 Å². The van der Waals surface area contributed by atoms with E-state index < -0.39 is 92.8 Å². The van der Waals surface area contributed by atoms with Gasteiger partial charge in [-0.1, -0.05) is 0 Å². The molecule has 0 heterocycles. The molecule has 0 aromatic heterocycles. The maximum atomic E-state index is 14.6. The van der Waals surface area contributed by atoms with Crippen molar-refractivity contribution in [2.75, 3.05) is 18.5 Å². The van der Waals surface area contributed by atoms with Gasteiger partial charge in [0.05, 0.1) is 35.6 Å². The molecule has 0 aliphatic heterocycles. The highest BCUT2D eigenvalue weighted by atomic mass is 19.2. The molecule has 190 valence electrons. The van der Waals surface area contributed by atoms with Gasteiger partial charge in [0.2, 0.25) is 5.82 Å². The second-order valence-electron chi connectivity index (χ2n) is 6.92. The molecule has 0 unspecified atom stereocenters. The number of aromatic carboxylic acids is 1. The molecule has 3 rings (SSSR count). The number of aliphatic hydroxyl groups is 1. The second-order valence-corrected chi connectivity index (χ2v) is 6.92. The maximum absolute atomic E-state index is 14.6. The van der Waals surface area contributed by atoms with Gasteiger partial charge in [-0.15, -0.1) is 0 Å². The summed E-state index contributed by atoms with van der Waals surface area (Å²) < 4.78 is 98.2. The van der Waals surface area contributed by atoms with Crippen LogP contribution in [0.25, 0.3) is 11.1 Å².